The van der Waals surface area contributed by atoms with Gasteiger partial charge in [0, 0.05) is 37.3 Å². The van der Waals surface area contributed by atoms with Crippen molar-refractivity contribution in [3.8, 4) is 0 Å². The highest BCUT2D eigenvalue weighted by Crippen LogP contribution is 2.23. The lowest BCUT2D eigenvalue weighted by Gasteiger charge is -2.25. The second-order valence-electron chi connectivity index (χ2n) is 8.47. The van der Waals surface area contributed by atoms with Crippen LogP contribution in [0.1, 0.15) is 85.0 Å². The predicted octanol–water partition coefficient (Wildman–Crippen LogP) is 8.16. The Labute approximate surface area is 190 Å². The van der Waals surface area contributed by atoms with Gasteiger partial charge in [0.15, 0.2) is 12.4 Å². The molecule has 0 atom stereocenters. The zero-order chi connectivity index (χ0) is 22.2. The Morgan fingerprint density at radius 2 is 1.13 bits per heavy atom. The van der Waals surface area contributed by atoms with E-state index in [0.717, 1.165) is 31.0 Å². The van der Waals surface area contributed by atoms with Gasteiger partial charge in [-0.05, 0) is 37.1 Å². The molecular formula is C27H43N4+. The van der Waals surface area contributed by atoms with Crippen LogP contribution in [-0.4, -0.2) is 13.1 Å². The molecule has 0 unspecified atom stereocenters. The zero-order valence-corrected chi connectivity index (χ0v) is 20.1. The van der Waals surface area contributed by atoms with E-state index in [0.29, 0.717) is 0 Å². The minimum absolute atomic E-state index is 0.894. The summed E-state index contributed by atoms with van der Waals surface area (Å²) in [4.78, 5) is 2.55. The van der Waals surface area contributed by atoms with Crippen molar-refractivity contribution in [2.24, 2.45) is 10.2 Å². The summed E-state index contributed by atoms with van der Waals surface area (Å²) in [5, 5.41) is 8.85. The van der Waals surface area contributed by atoms with Crippen LogP contribution in [-0.2, 0) is 6.54 Å². The fourth-order valence-electron chi connectivity index (χ4n) is 3.68. The number of anilines is 1. The summed E-state index contributed by atoms with van der Waals surface area (Å²) in [6.45, 7) is 10.1. The fraction of sp³-hybridized carbons (Fsp3) is 0.593. The number of pyridine rings is 1. The minimum atomic E-state index is 0.894. The van der Waals surface area contributed by atoms with Gasteiger partial charge in [-0.15, -0.1) is 0 Å². The molecule has 1 aromatic heterocycles. The van der Waals surface area contributed by atoms with Gasteiger partial charge >= 0.3 is 0 Å². The highest BCUT2D eigenvalue weighted by molar-refractivity contribution is 5.52. The van der Waals surface area contributed by atoms with E-state index in [-0.39, 0.29) is 0 Å². The molecule has 4 nitrogen and oxygen atoms in total. The van der Waals surface area contributed by atoms with Crippen molar-refractivity contribution in [3.63, 3.8) is 0 Å². The molecule has 1 aromatic carbocycles. The molecule has 0 fully saturated rings. The number of aryl methyl sites for hydroxylation is 1. The quantitative estimate of drug-likeness (QED) is 0.152. The van der Waals surface area contributed by atoms with Crippen LogP contribution in [0.4, 0.5) is 17.1 Å². The van der Waals surface area contributed by atoms with E-state index in [4.69, 9.17) is 0 Å². The van der Waals surface area contributed by atoms with E-state index in [1.54, 1.807) is 0 Å². The molecule has 0 aliphatic carbocycles. The molecule has 0 aliphatic heterocycles. The Balaban J connectivity index is 1.94. The molecule has 2 aromatic rings. The Morgan fingerprint density at radius 1 is 0.613 bits per heavy atom. The molecule has 2 rings (SSSR count). The molecule has 0 bridgehead atoms. The first-order valence-electron chi connectivity index (χ1n) is 12.5. The zero-order valence-electron chi connectivity index (χ0n) is 20.1. The lowest BCUT2D eigenvalue weighted by molar-refractivity contribution is -0.697. The first-order chi connectivity index (χ1) is 15.3. The van der Waals surface area contributed by atoms with Gasteiger partial charge in [-0.2, -0.15) is 10.2 Å². The number of nitrogens with zero attached hydrogens (tertiary/aromatic N) is 4. The summed E-state index contributed by atoms with van der Waals surface area (Å²) < 4.78 is 2.20. The van der Waals surface area contributed by atoms with E-state index >= 15 is 0 Å². The Morgan fingerprint density at radius 3 is 1.65 bits per heavy atom. The van der Waals surface area contributed by atoms with Crippen LogP contribution in [0, 0.1) is 0 Å². The molecule has 0 saturated carbocycles. The molecule has 4 heteroatoms. The van der Waals surface area contributed by atoms with Crippen molar-refractivity contribution >= 4 is 17.1 Å². The third kappa shape index (κ3) is 10.1. The summed E-state index contributed by atoms with van der Waals surface area (Å²) in [6.07, 6.45) is 17.0. The number of benzene rings is 1. The average molecular weight is 424 g/mol. The number of hydrogen-bond donors (Lipinski definition) is 0. The lowest BCUT2D eigenvalue weighted by Crippen LogP contribution is -2.31. The second kappa shape index (κ2) is 15.6. The number of unbranched alkanes of at least 4 members (excludes halogenated alkanes) is 7. The lowest BCUT2D eigenvalue weighted by atomic mass is 10.1. The van der Waals surface area contributed by atoms with Gasteiger partial charge < -0.3 is 4.90 Å². The van der Waals surface area contributed by atoms with Gasteiger partial charge in [0.1, 0.15) is 6.54 Å². The van der Waals surface area contributed by atoms with Crippen LogP contribution in [0.25, 0.3) is 0 Å². The molecule has 0 saturated heterocycles. The number of azo groups is 1. The van der Waals surface area contributed by atoms with Gasteiger partial charge in [0.05, 0.1) is 11.4 Å². The summed E-state index contributed by atoms with van der Waals surface area (Å²) in [6, 6.07) is 12.7. The van der Waals surface area contributed by atoms with Crippen LogP contribution in [0.2, 0.25) is 0 Å². The van der Waals surface area contributed by atoms with E-state index in [1.807, 2.05) is 12.1 Å². The Kier molecular flexibility index (Phi) is 12.6. The molecule has 0 spiro atoms. The molecule has 170 valence electrons. The molecule has 0 aliphatic rings. The number of aromatic nitrogens is 1. The van der Waals surface area contributed by atoms with Crippen LogP contribution in [0.5, 0.6) is 0 Å². The highest BCUT2D eigenvalue weighted by Gasteiger charge is 2.07. The molecule has 0 radical (unpaired) electrons. The third-order valence-corrected chi connectivity index (χ3v) is 5.70. The van der Waals surface area contributed by atoms with Crippen molar-refractivity contribution in [2.45, 2.75) is 91.5 Å². The van der Waals surface area contributed by atoms with Crippen LogP contribution < -0.4 is 9.47 Å². The van der Waals surface area contributed by atoms with E-state index in [9.17, 15) is 0 Å². The van der Waals surface area contributed by atoms with Crippen molar-refractivity contribution in [3.05, 3.63) is 48.8 Å². The first-order valence-corrected chi connectivity index (χ1v) is 12.5. The predicted molar refractivity (Wildman–Crippen MR) is 133 cm³/mol. The van der Waals surface area contributed by atoms with E-state index < -0.39 is 0 Å². The number of hydrogen-bond acceptors (Lipinski definition) is 3. The van der Waals surface area contributed by atoms with Gasteiger partial charge in [0.25, 0.3) is 0 Å². The maximum atomic E-state index is 4.44. The molecule has 31 heavy (non-hydrogen) atoms. The standard InChI is InChI=1S/C27H43N4/c1-4-7-10-12-21-31(22-13-11-8-5-2)27-16-14-25(15-17-27)28-29-26-18-23-30(24-19-26)20-9-6-3/h14-19,23-24H,4-13,20-22H2,1-3H3/q+1. The normalized spacial score (nSPS) is 11.3. The summed E-state index contributed by atoms with van der Waals surface area (Å²) in [7, 11) is 0. The Hall–Kier alpha value is -2.23. The van der Waals surface area contributed by atoms with Crippen molar-refractivity contribution in [2.75, 3.05) is 18.0 Å². The first kappa shape index (κ1) is 25.0. The van der Waals surface area contributed by atoms with Crippen LogP contribution >= 0.6 is 0 Å². The molecule has 0 amide bonds. The molecule has 0 N–H and O–H groups in total. The molecular weight excluding hydrogens is 380 g/mol. The van der Waals surface area contributed by atoms with Crippen LogP contribution in [0.3, 0.4) is 0 Å². The summed E-state index contributed by atoms with van der Waals surface area (Å²) >= 11 is 0. The van der Waals surface area contributed by atoms with Gasteiger partial charge in [-0.3, -0.25) is 0 Å². The minimum Gasteiger partial charge on any atom is -0.372 e. The summed E-state index contributed by atoms with van der Waals surface area (Å²) in [5.74, 6) is 0. The van der Waals surface area contributed by atoms with E-state index in [2.05, 4.69) is 77.1 Å². The highest BCUT2D eigenvalue weighted by atomic mass is 15.1. The monoisotopic (exact) mass is 423 g/mol. The SMILES string of the molecule is CCCCCCN(CCCCCC)c1ccc(/N=N/c2cc[n+](CCCC)cc2)cc1. The van der Waals surface area contributed by atoms with Gasteiger partial charge in [-0.25, -0.2) is 4.57 Å². The summed E-state index contributed by atoms with van der Waals surface area (Å²) in [5.41, 5.74) is 3.11. The maximum absolute atomic E-state index is 4.44. The second-order valence-corrected chi connectivity index (χ2v) is 8.47. The fourth-order valence-corrected chi connectivity index (χ4v) is 3.68. The van der Waals surface area contributed by atoms with Gasteiger partial charge in [-0.1, -0.05) is 65.7 Å². The van der Waals surface area contributed by atoms with Crippen molar-refractivity contribution in [1.82, 2.24) is 0 Å². The maximum Gasteiger partial charge on any atom is 0.171 e. The molecule has 1 heterocycles. The topological polar surface area (TPSA) is 31.8 Å². The van der Waals surface area contributed by atoms with E-state index in [1.165, 1.54) is 69.9 Å². The third-order valence-electron chi connectivity index (χ3n) is 5.70. The van der Waals surface area contributed by atoms with Crippen molar-refractivity contribution < 1.29 is 4.57 Å². The average Bonchev–Trinajstić information content (AvgIpc) is 2.81. The number of rotatable bonds is 16. The van der Waals surface area contributed by atoms with Crippen molar-refractivity contribution in [1.29, 1.82) is 0 Å². The smallest absolute Gasteiger partial charge is 0.171 e. The van der Waals surface area contributed by atoms with Gasteiger partial charge in [0.2, 0.25) is 0 Å². The largest absolute Gasteiger partial charge is 0.372 e. The van der Waals surface area contributed by atoms with Crippen LogP contribution in [0.15, 0.2) is 59.0 Å². The Bertz CT molecular complexity index is 710.